The Morgan fingerprint density at radius 2 is 2.25 bits per heavy atom. The minimum absolute atomic E-state index is 0.363. The smallest absolute Gasteiger partial charge is 0.156 e. The monoisotopic (exact) mass is 292 g/mol. The van der Waals surface area contributed by atoms with Gasteiger partial charge in [0.2, 0.25) is 0 Å². The van der Waals surface area contributed by atoms with Crippen molar-refractivity contribution in [1.82, 2.24) is 15.1 Å². The summed E-state index contributed by atoms with van der Waals surface area (Å²) in [7, 11) is 0. The van der Waals surface area contributed by atoms with Gasteiger partial charge in [-0.15, -0.1) is 0 Å². The molecule has 1 aliphatic carbocycles. The summed E-state index contributed by atoms with van der Waals surface area (Å²) in [6, 6.07) is 2.33. The van der Waals surface area contributed by atoms with E-state index in [0.29, 0.717) is 11.5 Å². The molecule has 4 nitrogen and oxygen atoms in total. The van der Waals surface area contributed by atoms with Gasteiger partial charge in [-0.1, -0.05) is 31.0 Å². The van der Waals surface area contributed by atoms with E-state index in [1.807, 2.05) is 34.9 Å². The molecule has 0 saturated heterocycles. The molecule has 1 fully saturated rings. The summed E-state index contributed by atoms with van der Waals surface area (Å²) in [6.07, 6.45) is 10.8. The van der Waals surface area contributed by atoms with Gasteiger partial charge in [0, 0.05) is 30.7 Å². The Morgan fingerprint density at radius 3 is 2.90 bits per heavy atom. The van der Waals surface area contributed by atoms with Crippen LogP contribution in [0.15, 0.2) is 23.5 Å². The number of aromatic nitrogens is 2. The molecular formula is C15H24N4S. The second-order valence-electron chi connectivity index (χ2n) is 6.24. The molecule has 1 N–H and O–H groups in total. The van der Waals surface area contributed by atoms with Crippen molar-refractivity contribution < 1.29 is 0 Å². The first-order valence-corrected chi connectivity index (χ1v) is 8.66. The average molecular weight is 292 g/mol. The summed E-state index contributed by atoms with van der Waals surface area (Å²) in [4.78, 5) is 4.81. The van der Waals surface area contributed by atoms with E-state index in [0.717, 1.165) is 18.3 Å². The van der Waals surface area contributed by atoms with E-state index in [1.54, 1.807) is 0 Å². The fourth-order valence-electron chi connectivity index (χ4n) is 3.19. The molecule has 1 atom stereocenters. The standard InChI is InChI=1S/C15H24N4S/c1-13(10-19-9-5-8-17-19)18-14-16-11-15(12-20-14)6-3-2-4-7-15/h5,8-9,13H,2-4,6-7,10-12H2,1H3,(H,16,18). The van der Waals surface area contributed by atoms with Crippen LogP contribution >= 0.6 is 11.8 Å². The normalized spacial score (nSPS) is 23.4. The summed E-state index contributed by atoms with van der Waals surface area (Å²) in [5.74, 6) is 1.24. The van der Waals surface area contributed by atoms with Gasteiger partial charge >= 0.3 is 0 Å². The van der Waals surface area contributed by atoms with E-state index < -0.39 is 0 Å². The number of nitrogens with one attached hydrogen (secondary N) is 1. The molecule has 1 saturated carbocycles. The zero-order valence-electron chi connectivity index (χ0n) is 12.2. The first kappa shape index (κ1) is 14.0. The molecule has 0 amide bonds. The molecule has 20 heavy (non-hydrogen) atoms. The number of thioether (sulfide) groups is 1. The number of rotatable bonds is 3. The van der Waals surface area contributed by atoms with Gasteiger partial charge in [0.05, 0.1) is 6.54 Å². The van der Waals surface area contributed by atoms with Crippen LogP contribution in [0.3, 0.4) is 0 Å². The lowest BCUT2D eigenvalue weighted by molar-refractivity contribution is 0.232. The minimum Gasteiger partial charge on any atom is -0.361 e. The van der Waals surface area contributed by atoms with Crippen LogP contribution in [0.4, 0.5) is 0 Å². The van der Waals surface area contributed by atoms with E-state index in [-0.39, 0.29) is 0 Å². The van der Waals surface area contributed by atoms with Crippen LogP contribution in [0.5, 0.6) is 0 Å². The van der Waals surface area contributed by atoms with Crippen LogP contribution in [0, 0.1) is 5.41 Å². The number of hydrogen-bond donors (Lipinski definition) is 1. The van der Waals surface area contributed by atoms with Crippen molar-refractivity contribution in [3.05, 3.63) is 18.5 Å². The molecule has 5 heteroatoms. The van der Waals surface area contributed by atoms with Gasteiger partial charge in [0.25, 0.3) is 0 Å². The fourth-order valence-corrected chi connectivity index (χ4v) is 4.45. The van der Waals surface area contributed by atoms with Crippen LogP contribution < -0.4 is 5.32 Å². The summed E-state index contributed by atoms with van der Waals surface area (Å²) >= 11 is 1.92. The van der Waals surface area contributed by atoms with Gasteiger partial charge in [0.15, 0.2) is 5.17 Å². The van der Waals surface area contributed by atoms with Crippen molar-refractivity contribution >= 4 is 16.9 Å². The van der Waals surface area contributed by atoms with Crippen molar-refractivity contribution in [1.29, 1.82) is 0 Å². The maximum Gasteiger partial charge on any atom is 0.156 e. The topological polar surface area (TPSA) is 42.2 Å². The zero-order chi connectivity index (χ0) is 13.8. The molecule has 1 unspecified atom stereocenters. The van der Waals surface area contributed by atoms with Crippen molar-refractivity contribution in [2.45, 2.75) is 51.6 Å². The lowest BCUT2D eigenvalue weighted by atomic mass is 9.75. The average Bonchev–Trinajstić information content (AvgIpc) is 2.95. The lowest BCUT2D eigenvalue weighted by Crippen LogP contribution is -2.40. The lowest BCUT2D eigenvalue weighted by Gasteiger charge is -2.38. The molecular weight excluding hydrogens is 268 g/mol. The number of amidine groups is 1. The molecule has 2 aliphatic rings. The van der Waals surface area contributed by atoms with Crippen molar-refractivity contribution in [3.63, 3.8) is 0 Å². The van der Waals surface area contributed by atoms with Gasteiger partial charge in [-0.05, 0) is 31.2 Å². The molecule has 0 aromatic carbocycles. The van der Waals surface area contributed by atoms with Crippen LogP contribution in [0.25, 0.3) is 0 Å². The first-order valence-electron chi connectivity index (χ1n) is 7.67. The third kappa shape index (κ3) is 3.37. The third-order valence-corrected chi connectivity index (χ3v) is 5.65. The van der Waals surface area contributed by atoms with Gasteiger partial charge in [0.1, 0.15) is 0 Å². The molecule has 2 heterocycles. The Balaban J connectivity index is 1.51. The maximum atomic E-state index is 4.81. The highest BCUT2D eigenvalue weighted by atomic mass is 32.2. The minimum atomic E-state index is 0.363. The largest absolute Gasteiger partial charge is 0.361 e. The molecule has 110 valence electrons. The number of nitrogens with zero attached hydrogens (tertiary/aromatic N) is 3. The van der Waals surface area contributed by atoms with Crippen molar-refractivity contribution in [2.24, 2.45) is 10.4 Å². The Hall–Kier alpha value is -0.970. The SMILES string of the molecule is CC(Cn1cccn1)NC1=NCC2(CCCCC2)CS1. The van der Waals surface area contributed by atoms with Crippen LogP contribution in [-0.2, 0) is 6.54 Å². The van der Waals surface area contributed by atoms with E-state index in [1.165, 1.54) is 37.9 Å². The Kier molecular flexibility index (Phi) is 4.34. The van der Waals surface area contributed by atoms with Crippen LogP contribution in [-0.4, -0.2) is 33.3 Å². The molecule has 1 spiro atoms. The number of aliphatic imine (C=N–C) groups is 1. The molecule has 3 rings (SSSR count). The molecule has 0 bridgehead atoms. The maximum absolute atomic E-state index is 4.81. The van der Waals surface area contributed by atoms with E-state index in [4.69, 9.17) is 4.99 Å². The molecule has 1 aliphatic heterocycles. The van der Waals surface area contributed by atoms with E-state index in [9.17, 15) is 0 Å². The quantitative estimate of drug-likeness (QED) is 0.931. The Morgan fingerprint density at radius 1 is 1.40 bits per heavy atom. The summed E-state index contributed by atoms with van der Waals surface area (Å²) < 4.78 is 1.97. The van der Waals surface area contributed by atoms with Crippen molar-refractivity contribution in [3.8, 4) is 0 Å². The summed E-state index contributed by atoms with van der Waals surface area (Å²) in [5.41, 5.74) is 0.513. The highest BCUT2D eigenvalue weighted by Gasteiger charge is 2.34. The zero-order valence-corrected chi connectivity index (χ0v) is 13.0. The van der Waals surface area contributed by atoms with Gasteiger partial charge < -0.3 is 5.32 Å². The Labute approximate surface area is 125 Å². The number of hydrogen-bond acceptors (Lipinski definition) is 4. The second-order valence-corrected chi connectivity index (χ2v) is 7.21. The van der Waals surface area contributed by atoms with Crippen LogP contribution in [0.2, 0.25) is 0 Å². The fraction of sp³-hybridized carbons (Fsp3) is 0.733. The first-order chi connectivity index (χ1) is 9.76. The van der Waals surface area contributed by atoms with Crippen LogP contribution in [0.1, 0.15) is 39.0 Å². The predicted octanol–water partition coefficient (Wildman–Crippen LogP) is 2.91. The molecule has 1 aromatic rings. The van der Waals surface area contributed by atoms with Crippen molar-refractivity contribution in [2.75, 3.05) is 12.3 Å². The van der Waals surface area contributed by atoms with Gasteiger partial charge in [-0.3, -0.25) is 9.67 Å². The predicted molar refractivity (Wildman–Crippen MR) is 85.1 cm³/mol. The highest BCUT2D eigenvalue weighted by Crippen LogP contribution is 2.41. The summed E-state index contributed by atoms with van der Waals surface area (Å²) in [5, 5.41) is 8.90. The van der Waals surface area contributed by atoms with E-state index >= 15 is 0 Å². The Bertz CT molecular complexity index is 448. The van der Waals surface area contributed by atoms with Gasteiger partial charge in [-0.2, -0.15) is 5.10 Å². The van der Waals surface area contributed by atoms with Gasteiger partial charge in [-0.25, -0.2) is 0 Å². The molecule has 0 radical (unpaired) electrons. The summed E-state index contributed by atoms with van der Waals surface area (Å²) in [6.45, 7) is 4.10. The molecule has 1 aromatic heterocycles. The second kappa shape index (κ2) is 6.20. The third-order valence-electron chi connectivity index (χ3n) is 4.38. The van der Waals surface area contributed by atoms with E-state index in [2.05, 4.69) is 17.3 Å². The highest BCUT2D eigenvalue weighted by molar-refractivity contribution is 8.13.